The summed E-state index contributed by atoms with van der Waals surface area (Å²) in [5.74, 6) is 1.30. The van der Waals surface area contributed by atoms with Gasteiger partial charge in [0.15, 0.2) is 0 Å². The molecule has 25 heavy (non-hydrogen) atoms. The van der Waals surface area contributed by atoms with Gasteiger partial charge in [-0.05, 0) is 37.5 Å². The molecule has 1 aliphatic rings. The molecular formula is C19H28N6. The van der Waals surface area contributed by atoms with E-state index in [1.165, 1.54) is 11.3 Å². The van der Waals surface area contributed by atoms with Crippen LogP contribution in [0.3, 0.4) is 0 Å². The summed E-state index contributed by atoms with van der Waals surface area (Å²) >= 11 is 0. The lowest BCUT2D eigenvalue weighted by atomic mass is 10.0. The summed E-state index contributed by atoms with van der Waals surface area (Å²) in [6.07, 6.45) is 2.21. The highest BCUT2D eigenvalue weighted by atomic mass is 15.2. The van der Waals surface area contributed by atoms with Crippen LogP contribution >= 0.6 is 0 Å². The van der Waals surface area contributed by atoms with Crippen LogP contribution in [0.1, 0.15) is 24.1 Å². The minimum atomic E-state index is 0.357. The first-order chi connectivity index (χ1) is 12.0. The number of rotatable bonds is 5. The maximum absolute atomic E-state index is 5.77. The first-order valence-electron chi connectivity index (χ1n) is 8.87. The second kappa shape index (κ2) is 7.70. The lowest BCUT2D eigenvalue weighted by molar-refractivity contribution is 0.412. The van der Waals surface area contributed by atoms with Crippen LogP contribution in [-0.2, 0) is 6.54 Å². The van der Waals surface area contributed by atoms with Gasteiger partial charge in [0.05, 0.1) is 0 Å². The van der Waals surface area contributed by atoms with E-state index in [9.17, 15) is 0 Å². The lowest BCUT2D eigenvalue weighted by Gasteiger charge is -2.33. The van der Waals surface area contributed by atoms with Gasteiger partial charge in [0.2, 0.25) is 5.95 Å². The van der Waals surface area contributed by atoms with Gasteiger partial charge in [-0.15, -0.1) is 0 Å². The molecule has 0 spiro atoms. The van der Waals surface area contributed by atoms with Crippen molar-refractivity contribution in [1.82, 2.24) is 15.3 Å². The van der Waals surface area contributed by atoms with E-state index in [0.717, 1.165) is 44.0 Å². The number of nitrogens with one attached hydrogen (secondary N) is 1. The van der Waals surface area contributed by atoms with Crippen molar-refractivity contribution in [3.8, 4) is 0 Å². The topological polar surface area (TPSA) is 70.3 Å². The van der Waals surface area contributed by atoms with Gasteiger partial charge in [-0.25, -0.2) is 4.98 Å². The quantitative estimate of drug-likeness (QED) is 0.869. The second-order valence-corrected chi connectivity index (χ2v) is 6.93. The van der Waals surface area contributed by atoms with Gasteiger partial charge in [-0.3, -0.25) is 0 Å². The Morgan fingerprint density at radius 2 is 1.96 bits per heavy atom. The molecule has 0 aliphatic carbocycles. The molecular weight excluding hydrogens is 312 g/mol. The highest BCUT2D eigenvalue weighted by molar-refractivity contribution is 5.47. The number of piperidine rings is 1. The van der Waals surface area contributed by atoms with E-state index in [-0.39, 0.29) is 0 Å². The average Bonchev–Trinajstić information content (AvgIpc) is 2.60. The molecule has 6 nitrogen and oxygen atoms in total. The number of hydrogen-bond acceptors (Lipinski definition) is 6. The Kier molecular flexibility index (Phi) is 5.38. The van der Waals surface area contributed by atoms with Gasteiger partial charge in [0.1, 0.15) is 5.82 Å². The first-order valence-corrected chi connectivity index (χ1v) is 8.87. The van der Waals surface area contributed by atoms with Crippen molar-refractivity contribution in [2.75, 3.05) is 42.7 Å². The van der Waals surface area contributed by atoms with Crippen LogP contribution in [0.15, 0.2) is 30.3 Å². The number of benzene rings is 1. The predicted octanol–water partition coefficient (Wildman–Crippen LogP) is 2.19. The highest BCUT2D eigenvalue weighted by Crippen LogP contribution is 2.20. The summed E-state index contributed by atoms with van der Waals surface area (Å²) in [6, 6.07) is 11.2. The van der Waals surface area contributed by atoms with Crippen LogP contribution in [0, 0.1) is 6.92 Å². The molecule has 3 N–H and O–H groups in total. The van der Waals surface area contributed by atoms with E-state index in [1.807, 2.05) is 13.0 Å². The Labute approximate surface area is 150 Å². The smallest absolute Gasteiger partial charge is 0.222 e. The molecule has 0 atom stereocenters. The number of hydrogen-bond donors (Lipinski definition) is 2. The number of aryl methyl sites for hydroxylation is 1. The van der Waals surface area contributed by atoms with E-state index in [0.29, 0.717) is 12.0 Å². The number of aromatic nitrogens is 2. The monoisotopic (exact) mass is 340 g/mol. The molecule has 1 fully saturated rings. The van der Waals surface area contributed by atoms with Crippen molar-refractivity contribution in [3.63, 3.8) is 0 Å². The molecule has 0 amide bonds. The normalized spacial score (nSPS) is 15.4. The number of nitrogens with two attached hydrogens (primary N) is 1. The predicted molar refractivity (Wildman–Crippen MR) is 104 cm³/mol. The molecule has 2 aromatic rings. The van der Waals surface area contributed by atoms with E-state index >= 15 is 0 Å². The molecule has 1 aromatic carbocycles. The third kappa shape index (κ3) is 4.60. The number of nitrogen functional groups attached to an aromatic ring is 1. The molecule has 0 unspecified atom stereocenters. The van der Waals surface area contributed by atoms with E-state index in [1.54, 1.807) is 0 Å². The molecule has 6 heteroatoms. The molecule has 0 saturated carbocycles. The Bertz CT molecular complexity index is 687. The summed E-state index contributed by atoms with van der Waals surface area (Å²) in [5, 5.41) is 3.70. The summed E-state index contributed by atoms with van der Waals surface area (Å²) in [7, 11) is 4.15. The van der Waals surface area contributed by atoms with Gasteiger partial charge in [0, 0.05) is 57.2 Å². The molecule has 0 radical (unpaired) electrons. The van der Waals surface area contributed by atoms with Gasteiger partial charge in [-0.1, -0.05) is 12.1 Å². The van der Waals surface area contributed by atoms with Crippen molar-refractivity contribution in [1.29, 1.82) is 0 Å². The van der Waals surface area contributed by atoms with Crippen LogP contribution in [-0.4, -0.2) is 43.2 Å². The molecule has 1 saturated heterocycles. The van der Waals surface area contributed by atoms with Crippen LogP contribution in [0.2, 0.25) is 0 Å². The molecule has 0 bridgehead atoms. The first kappa shape index (κ1) is 17.5. The molecule has 3 rings (SSSR count). The van der Waals surface area contributed by atoms with Crippen molar-refractivity contribution in [2.24, 2.45) is 0 Å². The SMILES string of the molecule is Cc1cc(N2CCC(NCc3cccc(N(C)C)c3)CC2)nc(N)n1. The minimum absolute atomic E-state index is 0.357. The van der Waals surface area contributed by atoms with Crippen molar-refractivity contribution < 1.29 is 0 Å². The summed E-state index contributed by atoms with van der Waals surface area (Å²) in [6.45, 7) is 4.85. The van der Waals surface area contributed by atoms with E-state index in [4.69, 9.17) is 5.73 Å². The van der Waals surface area contributed by atoms with Gasteiger partial charge in [-0.2, -0.15) is 4.98 Å². The van der Waals surface area contributed by atoms with Crippen molar-refractivity contribution in [2.45, 2.75) is 32.4 Å². The standard InChI is InChI=1S/C19H28N6/c1-14-11-18(23-19(20)22-14)25-9-7-16(8-10-25)21-13-15-5-4-6-17(12-15)24(2)3/h4-6,11-12,16,21H,7-10,13H2,1-3H3,(H2,20,22,23). The zero-order valence-electron chi connectivity index (χ0n) is 15.4. The fourth-order valence-electron chi connectivity index (χ4n) is 3.26. The maximum Gasteiger partial charge on any atom is 0.222 e. The van der Waals surface area contributed by atoms with Crippen LogP contribution in [0.4, 0.5) is 17.5 Å². The summed E-state index contributed by atoms with van der Waals surface area (Å²) < 4.78 is 0. The van der Waals surface area contributed by atoms with Crippen LogP contribution in [0.25, 0.3) is 0 Å². The Balaban J connectivity index is 1.52. The Morgan fingerprint density at radius 3 is 2.64 bits per heavy atom. The van der Waals surface area contributed by atoms with Gasteiger partial charge in [0.25, 0.3) is 0 Å². The maximum atomic E-state index is 5.77. The largest absolute Gasteiger partial charge is 0.378 e. The van der Waals surface area contributed by atoms with Gasteiger partial charge >= 0.3 is 0 Å². The molecule has 134 valence electrons. The molecule has 2 heterocycles. The Morgan fingerprint density at radius 1 is 1.20 bits per heavy atom. The van der Waals surface area contributed by atoms with E-state index in [2.05, 4.69) is 63.4 Å². The Hall–Kier alpha value is -2.34. The summed E-state index contributed by atoms with van der Waals surface area (Å²) in [4.78, 5) is 13.0. The van der Waals surface area contributed by atoms with E-state index < -0.39 is 0 Å². The van der Waals surface area contributed by atoms with Crippen molar-refractivity contribution >= 4 is 17.5 Å². The third-order valence-electron chi connectivity index (χ3n) is 4.70. The summed E-state index contributed by atoms with van der Waals surface area (Å²) in [5.41, 5.74) is 9.26. The average molecular weight is 340 g/mol. The highest BCUT2D eigenvalue weighted by Gasteiger charge is 2.20. The zero-order chi connectivity index (χ0) is 17.8. The second-order valence-electron chi connectivity index (χ2n) is 6.93. The third-order valence-corrected chi connectivity index (χ3v) is 4.70. The van der Waals surface area contributed by atoms with Gasteiger partial charge < -0.3 is 20.9 Å². The lowest BCUT2D eigenvalue weighted by Crippen LogP contribution is -2.42. The number of anilines is 3. The van der Waals surface area contributed by atoms with Crippen molar-refractivity contribution in [3.05, 3.63) is 41.6 Å². The van der Waals surface area contributed by atoms with Crippen LogP contribution < -0.4 is 20.9 Å². The molecule has 1 aliphatic heterocycles. The zero-order valence-corrected chi connectivity index (χ0v) is 15.4. The minimum Gasteiger partial charge on any atom is -0.378 e. The number of nitrogens with zero attached hydrogens (tertiary/aromatic N) is 4. The fraction of sp³-hybridized carbons (Fsp3) is 0.474. The molecule has 1 aromatic heterocycles. The fourth-order valence-corrected chi connectivity index (χ4v) is 3.26. The van der Waals surface area contributed by atoms with Crippen LogP contribution in [0.5, 0.6) is 0 Å².